The maximum Gasteiger partial charge on any atom is 0.191 e. The molecule has 1 aliphatic carbocycles. The van der Waals surface area contributed by atoms with Crippen LogP contribution >= 0.6 is 15.9 Å². The SMILES string of the molecule is CN=C(NCc1cc(Br)c(OC)c(OC)c1)NC1CCC(C)CC1. The van der Waals surface area contributed by atoms with Crippen LogP contribution < -0.4 is 20.1 Å². The molecule has 1 aromatic carbocycles. The Labute approximate surface area is 153 Å². The first-order valence-corrected chi connectivity index (χ1v) is 9.24. The topological polar surface area (TPSA) is 54.9 Å². The molecule has 134 valence electrons. The summed E-state index contributed by atoms with van der Waals surface area (Å²) in [5, 5.41) is 6.92. The molecule has 0 radical (unpaired) electrons. The van der Waals surface area contributed by atoms with Crippen molar-refractivity contribution in [2.24, 2.45) is 10.9 Å². The Morgan fingerprint density at radius 3 is 2.50 bits per heavy atom. The third kappa shape index (κ3) is 5.03. The number of nitrogens with zero attached hydrogens (tertiary/aromatic N) is 1. The first-order valence-electron chi connectivity index (χ1n) is 8.45. The molecule has 6 heteroatoms. The van der Waals surface area contributed by atoms with Crippen molar-refractivity contribution in [3.8, 4) is 11.5 Å². The second kappa shape index (κ2) is 9.16. The predicted molar refractivity (Wildman–Crippen MR) is 102 cm³/mol. The van der Waals surface area contributed by atoms with E-state index in [1.54, 1.807) is 14.2 Å². The zero-order valence-corrected chi connectivity index (χ0v) is 16.6. The van der Waals surface area contributed by atoms with E-state index in [1.165, 1.54) is 25.7 Å². The van der Waals surface area contributed by atoms with Crippen molar-refractivity contribution in [3.05, 3.63) is 22.2 Å². The lowest BCUT2D eigenvalue weighted by atomic mass is 9.87. The van der Waals surface area contributed by atoms with E-state index >= 15 is 0 Å². The molecule has 2 rings (SSSR count). The van der Waals surface area contributed by atoms with E-state index in [4.69, 9.17) is 9.47 Å². The van der Waals surface area contributed by atoms with Crippen LogP contribution in [0.2, 0.25) is 0 Å². The fourth-order valence-corrected chi connectivity index (χ4v) is 3.70. The highest BCUT2D eigenvalue weighted by Gasteiger charge is 2.19. The van der Waals surface area contributed by atoms with Gasteiger partial charge in [-0.05, 0) is 65.2 Å². The van der Waals surface area contributed by atoms with Crippen LogP contribution in [0.25, 0.3) is 0 Å². The Kier molecular flexibility index (Phi) is 7.21. The molecule has 1 saturated carbocycles. The molecule has 0 atom stereocenters. The highest BCUT2D eigenvalue weighted by molar-refractivity contribution is 9.10. The number of benzene rings is 1. The van der Waals surface area contributed by atoms with Gasteiger partial charge in [-0.1, -0.05) is 6.92 Å². The molecule has 5 nitrogen and oxygen atoms in total. The van der Waals surface area contributed by atoms with E-state index in [1.807, 2.05) is 19.2 Å². The first kappa shape index (κ1) is 18.9. The third-order valence-corrected chi connectivity index (χ3v) is 5.12. The summed E-state index contributed by atoms with van der Waals surface area (Å²) in [7, 11) is 5.09. The van der Waals surface area contributed by atoms with Crippen molar-refractivity contribution in [2.75, 3.05) is 21.3 Å². The van der Waals surface area contributed by atoms with Crippen LogP contribution in [0.5, 0.6) is 11.5 Å². The third-order valence-electron chi connectivity index (χ3n) is 4.53. The van der Waals surface area contributed by atoms with Gasteiger partial charge in [-0.15, -0.1) is 0 Å². The Hall–Kier alpha value is -1.43. The van der Waals surface area contributed by atoms with Crippen LogP contribution in [0.3, 0.4) is 0 Å². The molecule has 0 spiro atoms. The Balaban J connectivity index is 1.94. The fourth-order valence-electron chi connectivity index (χ4n) is 3.05. The summed E-state index contributed by atoms with van der Waals surface area (Å²) < 4.78 is 11.6. The van der Waals surface area contributed by atoms with Crippen molar-refractivity contribution < 1.29 is 9.47 Å². The fraction of sp³-hybridized carbons (Fsp3) is 0.611. The van der Waals surface area contributed by atoms with Crippen LogP contribution in [0.4, 0.5) is 0 Å². The number of methoxy groups -OCH3 is 2. The number of ether oxygens (including phenoxy) is 2. The summed E-state index contributed by atoms with van der Waals surface area (Å²) in [6.07, 6.45) is 5.00. The summed E-state index contributed by atoms with van der Waals surface area (Å²) in [4.78, 5) is 4.34. The molecule has 0 heterocycles. The average Bonchev–Trinajstić information content (AvgIpc) is 2.59. The summed E-state index contributed by atoms with van der Waals surface area (Å²) in [5.41, 5.74) is 1.10. The van der Waals surface area contributed by atoms with Crippen LogP contribution in [0, 0.1) is 5.92 Å². The van der Waals surface area contributed by atoms with E-state index < -0.39 is 0 Å². The number of hydrogen-bond acceptors (Lipinski definition) is 3. The zero-order chi connectivity index (χ0) is 17.5. The summed E-state index contributed by atoms with van der Waals surface area (Å²) >= 11 is 3.53. The minimum Gasteiger partial charge on any atom is -0.493 e. The van der Waals surface area contributed by atoms with Crippen LogP contribution in [-0.4, -0.2) is 33.3 Å². The molecule has 0 unspecified atom stereocenters. The molecule has 1 fully saturated rings. The van der Waals surface area contributed by atoms with Gasteiger partial charge >= 0.3 is 0 Å². The summed E-state index contributed by atoms with van der Waals surface area (Å²) in [5.74, 6) is 3.12. The van der Waals surface area contributed by atoms with Gasteiger partial charge in [-0.2, -0.15) is 0 Å². The minimum atomic E-state index is 0.518. The number of nitrogens with one attached hydrogen (secondary N) is 2. The van der Waals surface area contributed by atoms with E-state index in [0.717, 1.165) is 21.9 Å². The summed E-state index contributed by atoms with van der Waals surface area (Å²) in [6.45, 7) is 3.00. The Morgan fingerprint density at radius 1 is 1.21 bits per heavy atom. The molecule has 0 bridgehead atoms. The normalized spacial score (nSPS) is 21.3. The van der Waals surface area contributed by atoms with Gasteiger partial charge in [0.2, 0.25) is 0 Å². The lowest BCUT2D eigenvalue weighted by Gasteiger charge is -2.28. The zero-order valence-electron chi connectivity index (χ0n) is 15.0. The quantitative estimate of drug-likeness (QED) is 0.587. The van der Waals surface area contributed by atoms with Gasteiger partial charge in [0.25, 0.3) is 0 Å². The largest absolute Gasteiger partial charge is 0.493 e. The molecular weight excluding hydrogens is 370 g/mol. The molecule has 0 aliphatic heterocycles. The van der Waals surface area contributed by atoms with Gasteiger partial charge in [-0.3, -0.25) is 4.99 Å². The molecular formula is C18H28BrN3O2. The van der Waals surface area contributed by atoms with Gasteiger partial charge < -0.3 is 20.1 Å². The van der Waals surface area contributed by atoms with Crippen molar-refractivity contribution in [2.45, 2.75) is 45.2 Å². The predicted octanol–water partition coefficient (Wildman–Crippen LogP) is 3.71. The van der Waals surface area contributed by atoms with Crippen LogP contribution in [-0.2, 0) is 6.54 Å². The van der Waals surface area contributed by atoms with Crippen molar-refractivity contribution in [1.29, 1.82) is 0 Å². The number of guanidine groups is 1. The second-order valence-corrected chi connectivity index (χ2v) is 7.19. The monoisotopic (exact) mass is 397 g/mol. The van der Waals surface area contributed by atoms with Crippen molar-refractivity contribution in [3.63, 3.8) is 0 Å². The van der Waals surface area contributed by atoms with E-state index in [0.29, 0.717) is 24.1 Å². The maximum atomic E-state index is 5.39. The molecule has 2 N–H and O–H groups in total. The summed E-state index contributed by atoms with van der Waals surface area (Å²) in [6, 6.07) is 4.53. The van der Waals surface area contributed by atoms with E-state index in [-0.39, 0.29) is 0 Å². The number of halogens is 1. The Bertz CT molecular complexity index is 570. The standard InChI is InChI=1S/C18H28BrN3O2/c1-12-5-7-14(8-6-12)22-18(20-2)21-11-13-9-15(19)17(24-4)16(10-13)23-3/h9-10,12,14H,5-8,11H2,1-4H3,(H2,20,21,22). The van der Waals surface area contributed by atoms with Gasteiger partial charge in [0.1, 0.15) is 0 Å². The van der Waals surface area contributed by atoms with Crippen LogP contribution in [0.1, 0.15) is 38.2 Å². The molecule has 0 aromatic heterocycles. The minimum absolute atomic E-state index is 0.518. The van der Waals surface area contributed by atoms with Gasteiger partial charge in [0, 0.05) is 19.6 Å². The van der Waals surface area contributed by atoms with Crippen LogP contribution in [0.15, 0.2) is 21.6 Å². The average molecular weight is 398 g/mol. The number of aliphatic imine (C=N–C) groups is 1. The van der Waals surface area contributed by atoms with Gasteiger partial charge in [0.15, 0.2) is 17.5 Å². The molecule has 1 aliphatic rings. The first-order chi connectivity index (χ1) is 11.6. The highest BCUT2D eigenvalue weighted by atomic mass is 79.9. The molecule has 0 amide bonds. The van der Waals surface area contributed by atoms with Crippen molar-refractivity contribution >= 4 is 21.9 Å². The number of hydrogen-bond donors (Lipinski definition) is 2. The molecule has 1 aromatic rings. The van der Waals surface area contributed by atoms with E-state index in [9.17, 15) is 0 Å². The van der Waals surface area contributed by atoms with Gasteiger partial charge in [-0.25, -0.2) is 0 Å². The van der Waals surface area contributed by atoms with Gasteiger partial charge in [0.05, 0.1) is 18.7 Å². The highest BCUT2D eigenvalue weighted by Crippen LogP contribution is 2.36. The lowest BCUT2D eigenvalue weighted by Crippen LogP contribution is -2.44. The van der Waals surface area contributed by atoms with Crippen molar-refractivity contribution in [1.82, 2.24) is 10.6 Å². The second-order valence-electron chi connectivity index (χ2n) is 6.34. The van der Waals surface area contributed by atoms with E-state index in [2.05, 4.69) is 38.5 Å². The molecule has 24 heavy (non-hydrogen) atoms. The Morgan fingerprint density at radius 2 is 1.92 bits per heavy atom. The number of rotatable bonds is 5. The smallest absolute Gasteiger partial charge is 0.191 e. The molecule has 0 saturated heterocycles. The lowest BCUT2D eigenvalue weighted by molar-refractivity contribution is 0.329. The maximum absolute atomic E-state index is 5.39.